The summed E-state index contributed by atoms with van der Waals surface area (Å²) in [5.74, 6) is 0.250. The number of aromatic nitrogens is 1. The molecule has 3 rings (SSSR count). The number of nitrogens with zero attached hydrogens (tertiary/aromatic N) is 2. The molecule has 0 radical (unpaired) electrons. The molecule has 0 bridgehead atoms. The first-order chi connectivity index (χ1) is 10.1. The minimum Gasteiger partial charge on any atom is -0.506 e. The topological polar surface area (TPSA) is 36.4 Å². The van der Waals surface area contributed by atoms with Gasteiger partial charge in [-0.1, -0.05) is 18.2 Å². The number of likely N-dealkylation sites (tertiary alicyclic amines) is 1. The fourth-order valence-electron chi connectivity index (χ4n) is 3.01. The third kappa shape index (κ3) is 2.93. The van der Waals surface area contributed by atoms with Gasteiger partial charge in [-0.3, -0.25) is 4.90 Å². The summed E-state index contributed by atoms with van der Waals surface area (Å²) in [7, 11) is 0. The highest BCUT2D eigenvalue weighted by Crippen LogP contribution is 2.28. The van der Waals surface area contributed by atoms with Gasteiger partial charge in [-0.25, -0.2) is 4.98 Å². The van der Waals surface area contributed by atoms with Gasteiger partial charge in [-0.05, 0) is 63.5 Å². The molecule has 1 aliphatic heterocycles. The maximum atomic E-state index is 9.61. The molecule has 3 heteroatoms. The standard InChI is InChI=1S/C18H22N2O/c1-13-18(21)9-8-17(19-13)16-7-5-6-15(12-16)14(2)20-10-3-4-11-20/h5-9,12,14,21H,3-4,10-11H2,1-2H3. The largest absolute Gasteiger partial charge is 0.506 e. The summed E-state index contributed by atoms with van der Waals surface area (Å²) in [6, 6.07) is 12.6. The third-order valence-electron chi connectivity index (χ3n) is 4.41. The van der Waals surface area contributed by atoms with Crippen LogP contribution in [0.1, 0.15) is 37.1 Å². The predicted octanol–water partition coefficient (Wildman–Crippen LogP) is 3.92. The van der Waals surface area contributed by atoms with Crippen LogP contribution in [0.4, 0.5) is 0 Å². The van der Waals surface area contributed by atoms with Crippen LogP contribution >= 0.6 is 0 Å². The minimum absolute atomic E-state index is 0.250. The fraction of sp³-hybridized carbons (Fsp3) is 0.389. The van der Waals surface area contributed by atoms with E-state index in [4.69, 9.17) is 0 Å². The molecule has 1 aliphatic rings. The molecule has 0 spiro atoms. The van der Waals surface area contributed by atoms with Crippen LogP contribution in [-0.4, -0.2) is 28.1 Å². The zero-order valence-electron chi connectivity index (χ0n) is 12.7. The summed E-state index contributed by atoms with van der Waals surface area (Å²) >= 11 is 0. The smallest absolute Gasteiger partial charge is 0.136 e. The molecule has 1 aromatic heterocycles. The molecule has 1 unspecified atom stereocenters. The molecule has 1 fully saturated rings. The van der Waals surface area contributed by atoms with Gasteiger partial charge in [0, 0.05) is 11.6 Å². The van der Waals surface area contributed by atoms with Crippen molar-refractivity contribution in [1.29, 1.82) is 0 Å². The second kappa shape index (κ2) is 5.86. The zero-order valence-corrected chi connectivity index (χ0v) is 12.7. The van der Waals surface area contributed by atoms with Crippen molar-refractivity contribution in [2.45, 2.75) is 32.7 Å². The molecule has 1 aromatic carbocycles. The molecule has 2 heterocycles. The lowest BCUT2D eigenvalue weighted by Crippen LogP contribution is -2.23. The molecule has 0 aliphatic carbocycles. The Balaban J connectivity index is 1.90. The summed E-state index contributed by atoms with van der Waals surface area (Å²) in [4.78, 5) is 7.01. The van der Waals surface area contributed by atoms with Gasteiger partial charge in [0.15, 0.2) is 0 Å². The summed E-state index contributed by atoms with van der Waals surface area (Å²) in [6.07, 6.45) is 2.62. The Kier molecular flexibility index (Phi) is 3.93. The van der Waals surface area contributed by atoms with E-state index in [1.54, 1.807) is 6.07 Å². The van der Waals surface area contributed by atoms with Crippen molar-refractivity contribution in [3.8, 4) is 17.0 Å². The lowest BCUT2D eigenvalue weighted by Gasteiger charge is -2.24. The third-order valence-corrected chi connectivity index (χ3v) is 4.41. The van der Waals surface area contributed by atoms with Crippen LogP contribution in [0.3, 0.4) is 0 Å². The van der Waals surface area contributed by atoms with E-state index in [9.17, 15) is 5.11 Å². The van der Waals surface area contributed by atoms with Gasteiger partial charge in [-0.15, -0.1) is 0 Å². The molecular weight excluding hydrogens is 260 g/mol. The van der Waals surface area contributed by atoms with Gasteiger partial charge >= 0.3 is 0 Å². The van der Waals surface area contributed by atoms with Crippen molar-refractivity contribution in [2.24, 2.45) is 0 Å². The molecule has 3 nitrogen and oxygen atoms in total. The summed E-state index contributed by atoms with van der Waals surface area (Å²) in [5.41, 5.74) is 4.04. The van der Waals surface area contributed by atoms with Gasteiger partial charge in [-0.2, -0.15) is 0 Å². The normalized spacial score (nSPS) is 17.0. The van der Waals surface area contributed by atoms with Crippen molar-refractivity contribution in [2.75, 3.05) is 13.1 Å². The molecule has 2 aromatic rings. The van der Waals surface area contributed by atoms with Crippen molar-refractivity contribution in [3.05, 3.63) is 47.7 Å². The average molecular weight is 282 g/mol. The van der Waals surface area contributed by atoms with Gasteiger partial charge in [0.25, 0.3) is 0 Å². The second-order valence-electron chi connectivity index (χ2n) is 5.85. The van der Waals surface area contributed by atoms with E-state index in [1.807, 2.05) is 13.0 Å². The molecular formula is C18H22N2O. The van der Waals surface area contributed by atoms with Crippen LogP contribution < -0.4 is 0 Å². The number of hydrogen-bond donors (Lipinski definition) is 1. The minimum atomic E-state index is 0.250. The lowest BCUT2D eigenvalue weighted by molar-refractivity contribution is 0.263. The van der Waals surface area contributed by atoms with Crippen LogP contribution in [0, 0.1) is 6.92 Å². The fourth-order valence-corrected chi connectivity index (χ4v) is 3.01. The van der Waals surface area contributed by atoms with Crippen LogP contribution in [0.5, 0.6) is 5.75 Å². The highest BCUT2D eigenvalue weighted by atomic mass is 16.3. The van der Waals surface area contributed by atoms with Crippen molar-refractivity contribution < 1.29 is 5.11 Å². The van der Waals surface area contributed by atoms with E-state index in [2.05, 4.69) is 41.1 Å². The summed E-state index contributed by atoms with van der Waals surface area (Å²) < 4.78 is 0. The SMILES string of the molecule is Cc1nc(-c2cccc(C(C)N3CCCC3)c2)ccc1O. The molecule has 1 saturated heterocycles. The van der Waals surface area contributed by atoms with E-state index in [0.717, 1.165) is 11.3 Å². The van der Waals surface area contributed by atoms with Crippen LogP contribution in [0.15, 0.2) is 36.4 Å². The maximum Gasteiger partial charge on any atom is 0.136 e. The first-order valence-corrected chi connectivity index (χ1v) is 7.66. The van der Waals surface area contributed by atoms with Gasteiger partial charge in [0.05, 0.1) is 11.4 Å². The van der Waals surface area contributed by atoms with Gasteiger partial charge in [0.2, 0.25) is 0 Å². The molecule has 21 heavy (non-hydrogen) atoms. The molecule has 0 amide bonds. The first-order valence-electron chi connectivity index (χ1n) is 7.66. The van der Waals surface area contributed by atoms with E-state index >= 15 is 0 Å². The van der Waals surface area contributed by atoms with E-state index in [-0.39, 0.29) is 5.75 Å². The number of rotatable bonds is 3. The zero-order chi connectivity index (χ0) is 14.8. The van der Waals surface area contributed by atoms with E-state index in [0.29, 0.717) is 11.7 Å². The van der Waals surface area contributed by atoms with Crippen molar-refractivity contribution in [3.63, 3.8) is 0 Å². The molecule has 1 N–H and O–H groups in total. The Morgan fingerprint density at radius 2 is 1.90 bits per heavy atom. The van der Waals surface area contributed by atoms with Gasteiger partial charge < -0.3 is 5.11 Å². The second-order valence-corrected chi connectivity index (χ2v) is 5.85. The summed E-state index contributed by atoms with van der Waals surface area (Å²) in [6.45, 7) is 6.50. The van der Waals surface area contributed by atoms with Crippen LogP contribution in [0.2, 0.25) is 0 Å². The quantitative estimate of drug-likeness (QED) is 0.927. The monoisotopic (exact) mass is 282 g/mol. The Hall–Kier alpha value is -1.87. The van der Waals surface area contributed by atoms with Gasteiger partial charge in [0.1, 0.15) is 5.75 Å². The number of hydrogen-bond acceptors (Lipinski definition) is 3. The number of aromatic hydroxyl groups is 1. The van der Waals surface area contributed by atoms with Crippen LogP contribution in [0.25, 0.3) is 11.3 Å². The van der Waals surface area contributed by atoms with E-state index in [1.165, 1.54) is 31.5 Å². The number of benzene rings is 1. The number of aryl methyl sites for hydroxylation is 1. The Labute approximate surface area is 126 Å². The molecule has 0 saturated carbocycles. The molecule has 1 atom stereocenters. The Bertz CT molecular complexity index is 633. The highest BCUT2D eigenvalue weighted by molar-refractivity contribution is 5.61. The Morgan fingerprint density at radius 1 is 1.14 bits per heavy atom. The van der Waals surface area contributed by atoms with Crippen LogP contribution in [-0.2, 0) is 0 Å². The van der Waals surface area contributed by atoms with Crippen molar-refractivity contribution >= 4 is 0 Å². The maximum absolute atomic E-state index is 9.61. The van der Waals surface area contributed by atoms with E-state index < -0.39 is 0 Å². The summed E-state index contributed by atoms with van der Waals surface area (Å²) in [5, 5.41) is 9.61. The highest BCUT2D eigenvalue weighted by Gasteiger charge is 2.19. The first kappa shape index (κ1) is 14.1. The molecule has 110 valence electrons. The predicted molar refractivity (Wildman–Crippen MR) is 85.3 cm³/mol. The van der Waals surface area contributed by atoms with Crippen molar-refractivity contribution in [1.82, 2.24) is 9.88 Å². The average Bonchev–Trinajstić information content (AvgIpc) is 3.04. The lowest BCUT2D eigenvalue weighted by atomic mass is 10.0. The Morgan fingerprint density at radius 3 is 2.62 bits per heavy atom. The number of pyridine rings is 1.